The summed E-state index contributed by atoms with van der Waals surface area (Å²) in [6.07, 6.45) is 7.54. The molecule has 19 heavy (non-hydrogen) atoms. The molecule has 0 aliphatic heterocycles. The number of unbranched alkanes of at least 4 members (excludes halogenated alkanes) is 3. The first-order chi connectivity index (χ1) is 9.13. The largest absolute Gasteiger partial charge is 0.478 e. The van der Waals surface area contributed by atoms with Crippen LogP contribution in [-0.2, 0) is 11.3 Å². The van der Waals surface area contributed by atoms with E-state index in [0.717, 1.165) is 12.8 Å². The smallest absolute Gasteiger partial charge is 0.338 e. The number of carbonyl (C=O) groups is 2. The first kappa shape index (κ1) is 15.2. The third kappa shape index (κ3) is 6.03. The van der Waals surface area contributed by atoms with E-state index in [4.69, 9.17) is 5.11 Å². The predicted molar refractivity (Wildman–Crippen MR) is 71.0 cm³/mol. The number of aromatic nitrogens is 2. The zero-order valence-corrected chi connectivity index (χ0v) is 11.3. The van der Waals surface area contributed by atoms with Gasteiger partial charge in [-0.25, -0.2) is 4.79 Å². The number of hydrogen-bond donors (Lipinski definition) is 2. The van der Waals surface area contributed by atoms with Crippen LogP contribution < -0.4 is 5.32 Å². The minimum absolute atomic E-state index is 0.0242. The Morgan fingerprint density at radius 3 is 2.79 bits per heavy atom. The van der Waals surface area contributed by atoms with Crippen LogP contribution in [0.25, 0.3) is 0 Å². The van der Waals surface area contributed by atoms with Gasteiger partial charge in [0.05, 0.1) is 11.8 Å². The van der Waals surface area contributed by atoms with Crippen molar-refractivity contribution in [3.05, 3.63) is 18.0 Å². The van der Waals surface area contributed by atoms with Gasteiger partial charge in [0.1, 0.15) is 0 Å². The summed E-state index contributed by atoms with van der Waals surface area (Å²) in [5.41, 5.74) is 0.139. The summed E-state index contributed by atoms with van der Waals surface area (Å²) in [4.78, 5) is 22.2. The van der Waals surface area contributed by atoms with E-state index in [9.17, 15) is 9.59 Å². The Kier molecular flexibility index (Phi) is 6.63. The van der Waals surface area contributed by atoms with Gasteiger partial charge >= 0.3 is 5.97 Å². The van der Waals surface area contributed by atoms with Crippen LogP contribution in [0, 0.1) is 0 Å². The van der Waals surface area contributed by atoms with Gasteiger partial charge in [0.2, 0.25) is 5.91 Å². The summed E-state index contributed by atoms with van der Waals surface area (Å²) < 4.78 is 1.47. The number of rotatable bonds is 9. The lowest BCUT2D eigenvalue weighted by Crippen LogP contribution is -2.25. The second-order valence-electron chi connectivity index (χ2n) is 4.46. The highest BCUT2D eigenvalue weighted by Gasteiger charge is 2.07. The third-order valence-corrected chi connectivity index (χ3v) is 2.80. The second-order valence-corrected chi connectivity index (χ2v) is 4.46. The molecule has 0 aliphatic carbocycles. The molecular weight excluding hydrogens is 246 g/mol. The Hall–Kier alpha value is -1.85. The van der Waals surface area contributed by atoms with E-state index in [1.165, 1.54) is 29.9 Å². The highest BCUT2D eigenvalue weighted by molar-refractivity contribution is 5.86. The van der Waals surface area contributed by atoms with Gasteiger partial charge in [0.25, 0.3) is 0 Å². The van der Waals surface area contributed by atoms with Crippen molar-refractivity contribution in [2.75, 3.05) is 6.54 Å². The fraction of sp³-hybridized carbons (Fsp3) is 0.615. The minimum atomic E-state index is -1.01. The molecule has 0 fully saturated rings. The molecule has 1 amide bonds. The molecule has 1 aromatic heterocycles. The molecule has 0 bridgehead atoms. The fourth-order valence-corrected chi connectivity index (χ4v) is 1.68. The molecule has 2 N–H and O–H groups in total. The lowest BCUT2D eigenvalue weighted by Gasteiger charge is -2.05. The molecule has 0 saturated heterocycles. The molecule has 1 heterocycles. The number of amides is 1. The van der Waals surface area contributed by atoms with Crippen molar-refractivity contribution in [1.82, 2.24) is 15.1 Å². The predicted octanol–water partition coefficient (Wildman–Crippen LogP) is 1.67. The number of nitrogens with one attached hydrogen (secondary N) is 1. The van der Waals surface area contributed by atoms with Crippen LogP contribution in [-0.4, -0.2) is 33.3 Å². The van der Waals surface area contributed by atoms with E-state index in [1.807, 2.05) is 0 Å². The maximum Gasteiger partial charge on any atom is 0.338 e. The number of carboxylic acid groups (broad SMARTS) is 1. The maximum atomic E-state index is 11.5. The Labute approximate surface area is 112 Å². The zero-order valence-electron chi connectivity index (χ0n) is 11.3. The van der Waals surface area contributed by atoms with E-state index in [1.54, 1.807) is 0 Å². The van der Waals surface area contributed by atoms with Gasteiger partial charge in [-0.1, -0.05) is 26.2 Å². The molecule has 0 atom stereocenters. The highest BCUT2D eigenvalue weighted by atomic mass is 16.4. The Morgan fingerprint density at radius 1 is 1.37 bits per heavy atom. The SMILES string of the molecule is CCCCCCNC(=O)CCn1cc(C(=O)O)cn1. The molecule has 0 aromatic carbocycles. The van der Waals surface area contributed by atoms with Gasteiger partial charge in [0.15, 0.2) is 0 Å². The van der Waals surface area contributed by atoms with Crippen LogP contribution in [0.5, 0.6) is 0 Å². The van der Waals surface area contributed by atoms with Gasteiger partial charge in [0, 0.05) is 25.7 Å². The van der Waals surface area contributed by atoms with Gasteiger partial charge in [-0.05, 0) is 6.42 Å². The second kappa shape index (κ2) is 8.29. The molecule has 0 unspecified atom stereocenters. The van der Waals surface area contributed by atoms with Gasteiger partial charge < -0.3 is 10.4 Å². The van der Waals surface area contributed by atoms with E-state index >= 15 is 0 Å². The zero-order chi connectivity index (χ0) is 14.1. The average Bonchev–Trinajstić information content (AvgIpc) is 2.85. The van der Waals surface area contributed by atoms with Gasteiger partial charge in [-0.3, -0.25) is 9.48 Å². The molecule has 0 spiro atoms. The molecule has 0 saturated carbocycles. The van der Waals surface area contributed by atoms with Crippen molar-refractivity contribution in [3.8, 4) is 0 Å². The van der Waals surface area contributed by atoms with Crippen molar-refractivity contribution in [2.45, 2.75) is 45.6 Å². The lowest BCUT2D eigenvalue weighted by molar-refractivity contribution is -0.121. The number of aryl methyl sites for hydroxylation is 1. The summed E-state index contributed by atoms with van der Waals surface area (Å²) >= 11 is 0. The number of hydrogen-bond acceptors (Lipinski definition) is 3. The third-order valence-electron chi connectivity index (χ3n) is 2.80. The molecule has 106 valence electrons. The molecule has 1 aromatic rings. The normalized spacial score (nSPS) is 10.4. The standard InChI is InChI=1S/C13H21N3O3/c1-2-3-4-5-7-14-12(17)6-8-16-10-11(9-15-16)13(18)19/h9-10H,2-8H2,1H3,(H,14,17)(H,18,19). The van der Waals surface area contributed by atoms with E-state index < -0.39 is 5.97 Å². The number of nitrogens with zero attached hydrogens (tertiary/aromatic N) is 2. The van der Waals surface area contributed by atoms with Crippen LogP contribution in [0.15, 0.2) is 12.4 Å². The maximum absolute atomic E-state index is 11.5. The van der Waals surface area contributed by atoms with Crippen LogP contribution in [0.4, 0.5) is 0 Å². The van der Waals surface area contributed by atoms with Crippen molar-refractivity contribution >= 4 is 11.9 Å². The summed E-state index contributed by atoms with van der Waals surface area (Å²) in [7, 11) is 0. The van der Waals surface area contributed by atoms with Gasteiger partial charge in [-0.2, -0.15) is 5.10 Å². The minimum Gasteiger partial charge on any atom is -0.478 e. The quantitative estimate of drug-likeness (QED) is 0.666. The molecule has 1 rings (SSSR count). The summed E-state index contributed by atoms with van der Waals surface area (Å²) in [5.74, 6) is -1.03. The summed E-state index contributed by atoms with van der Waals surface area (Å²) in [6.45, 7) is 3.25. The van der Waals surface area contributed by atoms with E-state index in [2.05, 4.69) is 17.3 Å². The molecule has 0 aliphatic rings. The van der Waals surface area contributed by atoms with Crippen molar-refractivity contribution < 1.29 is 14.7 Å². The Morgan fingerprint density at radius 2 is 2.16 bits per heavy atom. The topological polar surface area (TPSA) is 84.2 Å². The molecule has 6 nitrogen and oxygen atoms in total. The van der Waals surface area contributed by atoms with Crippen LogP contribution in [0.1, 0.15) is 49.4 Å². The highest BCUT2D eigenvalue weighted by Crippen LogP contribution is 1.99. The average molecular weight is 267 g/mol. The van der Waals surface area contributed by atoms with Crippen molar-refractivity contribution in [2.24, 2.45) is 0 Å². The first-order valence-electron chi connectivity index (χ1n) is 6.66. The van der Waals surface area contributed by atoms with Gasteiger partial charge in [-0.15, -0.1) is 0 Å². The van der Waals surface area contributed by atoms with E-state index in [-0.39, 0.29) is 11.5 Å². The number of carboxylic acids is 1. The number of aromatic carboxylic acids is 1. The molecular formula is C13H21N3O3. The Balaban J connectivity index is 2.17. The monoisotopic (exact) mass is 267 g/mol. The first-order valence-corrected chi connectivity index (χ1v) is 6.66. The molecule has 6 heteroatoms. The Bertz CT molecular complexity index is 415. The van der Waals surface area contributed by atoms with Crippen molar-refractivity contribution in [3.63, 3.8) is 0 Å². The van der Waals surface area contributed by atoms with Crippen LogP contribution in [0.3, 0.4) is 0 Å². The lowest BCUT2D eigenvalue weighted by atomic mass is 10.2. The van der Waals surface area contributed by atoms with Crippen molar-refractivity contribution in [1.29, 1.82) is 0 Å². The molecule has 0 radical (unpaired) electrons. The summed E-state index contributed by atoms with van der Waals surface area (Å²) in [5, 5.41) is 15.5. The summed E-state index contributed by atoms with van der Waals surface area (Å²) in [6, 6.07) is 0. The van der Waals surface area contributed by atoms with Crippen LogP contribution >= 0.6 is 0 Å². The fourth-order valence-electron chi connectivity index (χ4n) is 1.68. The number of carbonyl (C=O) groups excluding carboxylic acids is 1. The van der Waals surface area contributed by atoms with E-state index in [0.29, 0.717) is 19.5 Å². The van der Waals surface area contributed by atoms with Crippen LogP contribution in [0.2, 0.25) is 0 Å².